The molecule has 16 heavy (non-hydrogen) atoms. The zero-order chi connectivity index (χ0) is 12.2. The Morgan fingerprint density at radius 3 is 2.62 bits per heavy atom. The van der Waals surface area contributed by atoms with E-state index < -0.39 is 0 Å². The van der Waals surface area contributed by atoms with Gasteiger partial charge in [-0.1, -0.05) is 20.3 Å². The van der Waals surface area contributed by atoms with E-state index in [4.69, 9.17) is 5.73 Å². The molecule has 1 rings (SSSR count). The third kappa shape index (κ3) is 4.27. The lowest BCUT2D eigenvalue weighted by molar-refractivity contribution is 0.153. The van der Waals surface area contributed by atoms with Gasteiger partial charge in [-0.3, -0.25) is 0 Å². The van der Waals surface area contributed by atoms with Gasteiger partial charge in [-0.05, 0) is 32.2 Å². The van der Waals surface area contributed by atoms with E-state index in [0.717, 1.165) is 6.54 Å². The molecule has 0 aromatic rings. The third-order valence-corrected chi connectivity index (χ3v) is 4.75. The molecule has 2 N–H and O–H groups in total. The maximum atomic E-state index is 5.95. The van der Waals surface area contributed by atoms with Crippen LogP contribution in [0.3, 0.4) is 0 Å². The minimum atomic E-state index is 0.312. The average Bonchev–Trinajstić information content (AvgIpc) is 2.16. The highest BCUT2D eigenvalue weighted by atomic mass is 32.2. The molecule has 1 heterocycles. The van der Waals surface area contributed by atoms with Crippen LogP contribution in [-0.4, -0.2) is 41.6 Å². The highest BCUT2D eigenvalue weighted by Gasteiger charge is 2.31. The summed E-state index contributed by atoms with van der Waals surface area (Å²) >= 11 is 2.10. The Balaban J connectivity index is 2.51. The fraction of sp³-hybridized carbons (Fsp3) is 1.00. The van der Waals surface area contributed by atoms with Crippen LogP contribution in [0.4, 0.5) is 0 Å². The van der Waals surface area contributed by atoms with Gasteiger partial charge in [-0.25, -0.2) is 0 Å². The Morgan fingerprint density at radius 1 is 1.44 bits per heavy atom. The van der Waals surface area contributed by atoms with Crippen molar-refractivity contribution in [1.29, 1.82) is 0 Å². The summed E-state index contributed by atoms with van der Waals surface area (Å²) in [6.07, 6.45) is 2.48. The summed E-state index contributed by atoms with van der Waals surface area (Å²) in [5, 5.41) is 0. The summed E-state index contributed by atoms with van der Waals surface area (Å²) in [7, 11) is 0. The van der Waals surface area contributed by atoms with E-state index in [1.165, 1.54) is 38.2 Å². The molecule has 1 saturated heterocycles. The smallest absolute Gasteiger partial charge is 0.0231 e. The Kier molecular flexibility index (Phi) is 5.14. The molecule has 3 heteroatoms. The summed E-state index contributed by atoms with van der Waals surface area (Å²) in [6, 6.07) is 0. The maximum Gasteiger partial charge on any atom is 0.0231 e. The van der Waals surface area contributed by atoms with Gasteiger partial charge in [0.1, 0.15) is 0 Å². The van der Waals surface area contributed by atoms with Crippen LogP contribution in [0.15, 0.2) is 0 Å². The first-order valence-electron chi connectivity index (χ1n) is 6.47. The second-order valence-electron chi connectivity index (χ2n) is 6.08. The molecule has 1 atom stereocenters. The standard InChI is InChI=1S/C13H28N2S/c1-5-6-13(4,9-14)11-15-7-8-16-12(2,3)10-15/h5-11,14H2,1-4H3. The number of thioether (sulfide) groups is 1. The Morgan fingerprint density at radius 2 is 2.12 bits per heavy atom. The second kappa shape index (κ2) is 5.74. The van der Waals surface area contributed by atoms with Crippen LogP contribution >= 0.6 is 11.8 Å². The molecular weight excluding hydrogens is 216 g/mol. The summed E-state index contributed by atoms with van der Waals surface area (Å²) in [5.41, 5.74) is 6.26. The van der Waals surface area contributed by atoms with Gasteiger partial charge < -0.3 is 10.6 Å². The van der Waals surface area contributed by atoms with Gasteiger partial charge in [0, 0.05) is 30.1 Å². The summed E-state index contributed by atoms with van der Waals surface area (Å²) < 4.78 is 0.417. The first-order chi connectivity index (χ1) is 7.41. The highest BCUT2D eigenvalue weighted by Crippen LogP contribution is 2.32. The molecule has 0 amide bonds. The molecule has 0 bridgehead atoms. The number of nitrogens with zero attached hydrogens (tertiary/aromatic N) is 1. The second-order valence-corrected chi connectivity index (χ2v) is 7.89. The molecule has 0 aromatic heterocycles. The van der Waals surface area contributed by atoms with Crippen molar-refractivity contribution in [3.63, 3.8) is 0 Å². The van der Waals surface area contributed by atoms with Gasteiger partial charge in [0.15, 0.2) is 0 Å². The van der Waals surface area contributed by atoms with E-state index in [9.17, 15) is 0 Å². The monoisotopic (exact) mass is 244 g/mol. The van der Waals surface area contributed by atoms with Crippen molar-refractivity contribution >= 4 is 11.8 Å². The van der Waals surface area contributed by atoms with E-state index in [1.54, 1.807) is 0 Å². The normalized spacial score (nSPS) is 25.3. The first kappa shape index (κ1) is 14.3. The van der Waals surface area contributed by atoms with Crippen molar-refractivity contribution in [2.24, 2.45) is 11.1 Å². The summed E-state index contributed by atoms with van der Waals surface area (Å²) in [5.74, 6) is 1.26. The van der Waals surface area contributed by atoms with Crippen molar-refractivity contribution in [1.82, 2.24) is 4.90 Å². The van der Waals surface area contributed by atoms with Gasteiger partial charge in [-0.15, -0.1) is 0 Å². The van der Waals surface area contributed by atoms with Crippen LogP contribution in [0.2, 0.25) is 0 Å². The molecule has 0 radical (unpaired) electrons. The first-order valence-corrected chi connectivity index (χ1v) is 7.46. The molecule has 0 spiro atoms. The molecule has 96 valence electrons. The topological polar surface area (TPSA) is 29.3 Å². The van der Waals surface area contributed by atoms with Gasteiger partial charge in [-0.2, -0.15) is 11.8 Å². The van der Waals surface area contributed by atoms with Crippen LogP contribution in [-0.2, 0) is 0 Å². The minimum Gasteiger partial charge on any atom is -0.330 e. The van der Waals surface area contributed by atoms with E-state index in [0.29, 0.717) is 10.2 Å². The molecule has 0 aromatic carbocycles. The van der Waals surface area contributed by atoms with Crippen LogP contribution in [0, 0.1) is 5.41 Å². The van der Waals surface area contributed by atoms with Crippen LogP contribution < -0.4 is 5.73 Å². The van der Waals surface area contributed by atoms with Gasteiger partial charge >= 0.3 is 0 Å². The molecule has 1 aliphatic heterocycles. The van der Waals surface area contributed by atoms with Crippen molar-refractivity contribution in [2.45, 2.75) is 45.3 Å². The van der Waals surface area contributed by atoms with Gasteiger partial charge in [0.05, 0.1) is 0 Å². The summed E-state index contributed by atoms with van der Waals surface area (Å²) in [6.45, 7) is 13.7. The maximum absolute atomic E-state index is 5.95. The van der Waals surface area contributed by atoms with Crippen molar-refractivity contribution in [3.05, 3.63) is 0 Å². The van der Waals surface area contributed by atoms with Crippen molar-refractivity contribution in [3.8, 4) is 0 Å². The lowest BCUT2D eigenvalue weighted by atomic mass is 9.85. The molecule has 1 unspecified atom stereocenters. The lowest BCUT2D eigenvalue weighted by Crippen LogP contribution is -2.49. The summed E-state index contributed by atoms with van der Waals surface area (Å²) in [4.78, 5) is 2.61. The molecule has 0 saturated carbocycles. The fourth-order valence-electron chi connectivity index (χ4n) is 2.64. The fourth-order valence-corrected chi connectivity index (χ4v) is 3.81. The largest absolute Gasteiger partial charge is 0.330 e. The zero-order valence-corrected chi connectivity index (χ0v) is 12.2. The third-order valence-electron chi connectivity index (χ3n) is 3.46. The SMILES string of the molecule is CCCC(C)(CN)CN1CCSC(C)(C)C1. The molecular formula is C13H28N2S. The van der Waals surface area contributed by atoms with Crippen LogP contribution in [0.25, 0.3) is 0 Å². The van der Waals surface area contributed by atoms with E-state index in [-0.39, 0.29) is 0 Å². The number of hydrogen-bond donors (Lipinski definition) is 1. The van der Waals surface area contributed by atoms with Gasteiger partial charge in [0.2, 0.25) is 0 Å². The predicted octanol–water partition coefficient (Wildman–Crippen LogP) is 2.58. The molecule has 1 fully saturated rings. The zero-order valence-electron chi connectivity index (χ0n) is 11.4. The number of nitrogens with two attached hydrogens (primary N) is 1. The Bertz CT molecular complexity index is 218. The van der Waals surface area contributed by atoms with Gasteiger partial charge in [0.25, 0.3) is 0 Å². The van der Waals surface area contributed by atoms with Crippen LogP contribution in [0.1, 0.15) is 40.5 Å². The number of rotatable bonds is 5. The molecule has 0 aliphatic carbocycles. The molecule has 2 nitrogen and oxygen atoms in total. The van der Waals surface area contributed by atoms with E-state index in [2.05, 4.69) is 44.4 Å². The average molecular weight is 244 g/mol. The minimum absolute atomic E-state index is 0.312. The Labute approximate surface area is 105 Å². The Hall–Kier alpha value is 0.270. The van der Waals surface area contributed by atoms with Crippen molar-refractivity contribution in [2.75, 3.05) is 31.9 Å². The van der Waals surface area contributed by atoms with Crippen molar-refractivity contribution < 1.29 is 0 Å². The number of hydrogen-bond acceptors (Lipinski definition) is 3. The lowest BCUT2D eigenvalue weighted by Gasteiger charge is -2.42. The van der Waals surface area contributed by atoms with Crippen LogP contribution in [0.5, 0.6) is 0 Å². The highest BCUT2D eigenvalue weighted by molar-refractivity contribution is 8.00. The van der Waals surface area contributed by atoms with E-state index in [1.807, 2.05) is 0 Å². The predicted molar refractivity (Wildman–Crippen MR) is 75.0 cm³/mol. The molecule has 1 aliphatic rings. The quantitative estimate of drug-likeness (QED) is 0.806. The van der Waals surface area contributed by atoms with E-state index >= 15 is 0 Å².